The second-order valence-electron chi connectivity index (χ2n) is 7.44. The number of nitrogens with zero attached hydrogens (tertiary/aromatic N) is 5. The number of aromatic nitrogens is 4. The number of rotatable bonds is 5. The first-order valence-electron chi connectivity index (χ1n) is 9.44. The van der Waals surface area contributed by atoms with E-state index in [1.165, 1.54) is 12.1 Å². The largest absolute Gasteiger partial charge is 0.379 e. The predicted molar refractivity (Wildman–Crippen MR) is 96.4 cm³/mol. The summed E-state index contributed by atoms with van der Waals surface area (Å²) in [6, 6.07) is 5.24. The van der Waals surface area contributed by atoms with E-state index in [9.17, 15) is 4.39 Å². The van der Waals surface area contributed by atoms with Crippen molar-refractivity contribution < 1.29 is 13.7 Å². The van der Waals surface area contributed by atoms with Gasteiger partial charge in [0.25, 0.3) is 5.95 Å². The number of ether oxygens (including phenoxy) is 1. The summed E-state index contributed by atoms with van der Waals surface area (Å²) in [6.07, 6.45) is 3.17. The SMILES string of the molecule is CCc1nn(-c2noc(C3CC(N4CC(OC)C4)C3)n2)c2cc(F)ccc12. The van der Waals surface area contributed by atoms with Crippen LogP contribution in [-0.4, -0.2) is 57.2 Å². The minimum absolute atomic E-state index is 0.280. The van der Waals surface area contributed by atoms with E-state index >= 15 is 0 Å². The molecule has 1 saturated carbocycles. The monoisotopic (exact) mass is 371 g/mol. The number of hydrogen-bond donors (Lipinski definition) is 0. The molecular weight excluding hydrogens is 349 g/mol. The Morgan fingerprint density at radius 1 is 1.30 bits per heavy atom. The van der Waals surface area contributed by atoms with Crippen LogP contribution in [0.15, 0.2) is 22.7 Å². The van der Waals surface area contributed by atoms with Gasteiger partial charge in [-0.15, -0.1) is 0 Å². The molecule has 3 heterocycles. The second-order valence-corrected chi connectivity index (χ2v) is 7.44. The van der Waals surface area contributed by atoms with Gasteiger partial charge in [-0.05, 0) is 36.6 Å². The van der Waals surface area contributed by atoms with Crippen LogP contribution in [0.25, 0.3) is 16.9 Å². The first-order chi connectivity index (χ1) is 13.2. The smallest absolute Gasteiger partial charge is 0.291 e. The lowest BCUT2D eigenvalue weighted by Gasteiger charge is -2.49. The van der Waals surface area contributed by atoms with E-state index in [0.717, 1.165) is 43.4 Å². The van der Waals surface area contributed by atoms with E-state index in [4.69, 9.17) is 9.26 Å². The average molecular weight is 371 g/mol. The zero-order valence-corrected chi connectivity index (χ0v) is 15.4. The fourth-order valence-electron chi connectivity index (χ4n) is 4.05. The van der Waals surface area contributed by atoms with E-state index in [0.29, 0.717) is 29.5 Å². The summed E-state index contributed by atoms with van der Waals surface area (Å²) in [5.74, 6) is 0.984. The van der Waals surface area contributed by atoms with Crippen LogP contribution in [0, 0.1) is 5.82 Å². The van der Waals surface area contributed by atoms with Gasteiger partial charge in [0.05, 0.1) is 17.3 Å². The molecule has 1 aliphatic carbocycles. The van der Waals surface area contributed by atoms with Crippen molar-refractivity contribution in [2.75, 3.05) is 20.2 Å². The Labute approximate surface area is 156 Å². The molecule has 0 unspecified atom stereocenters. The Bertz CT molecular complexity index is 972. The summed E-state index contributed by atoms with van der Waals surface area (Å²) in [7, 11) is 1.76. The number of fused-ring (bicyclic) bond motifs is 1. The number of methoxy groups -OCH3 is 1. The molecule has 0 N–H and O–H groups in total. The van der Waals surface area contributed by atoms with E-state index in [1.807, 2.05) is 6.92 Å². The number of hydrogen-bond acceptors (Lipinski definition) is 6. The standard InChI is InChI=1S/C19H22FN5O2/c1-3-16-15-5-4-12(20)8-17(15)25(22-16)19-21-18(27-23-19)11-6-13(7-11)24-9-14(10-24)26-2/h4-5,8,11,13-14H,3,6-7,9-10H2,1-2H3. The summed E-state index contributed by atoms with van der Waals surface area (Å²) in [6.45, 7) is 4.04. The lowest BCUT2D eigenvalue weighted by atomic mass is 9.78. The van der Waals surface area contributed by atoms with Gasteiger partial charge in [0.2, 0.25) is 5.89 Å². The van der Waals surface area contributed by atoms with Gasteiger partial charge in [-0.1, -0.05) is 6.92 Å². The summed E-state index contributed by atoms with van der Waals surface area (Å²) in [5.41, 5.74) is 1.56. The lowest BCUT2D eigenvalue weighted by molar-refractivity contribution is -0.0718. The highest BCUT2D eigenvalue weighted by Crippen LogP contribution is 2.41. The number of benzene rings is 1. The fourth-order valence-corrected chi connectivity index (χ4v) is 4.05. The van der Waals surface area contributed by atoms with Gasteiger partial charge in [-0.3, -0.25) is 4.90 Å². The Balaban J connectivity index is 1.35. The molecule has 3 aromatic rings. The lowest BCUT2D eigenvalue weighted by Crippen LogP contribution is -2.59. The highest BCUT2D eigenvalue weighted by molar-refractivity contribution is 5.83. The molecule has 0 radical (unpaired) electrons. The maximum Gasteiger partial charge on any atom is 0.291 e. The quantitative estimate of drug-likeness (QED) is 0.687. The summed E-state index contributed by atoms with van der Waals surface area (Å²) in [5, 5.41) is 9.58. The molecule has 1 aromatic carbocycles. The molecule has 2 aromatic heterocycles. The molecule has 7 nitrogen and oxygen atoms in total. The van der Waals surface area contributed by atoms with E-state index in [1.54, 1.807) is 17.9 Å². The first kappa shape index (κ1) is 16.8. The van der Waals surface area contributed by atoms with Crippen molar-refractivity contribution >= 4 is 10.9 Å². The van der Waals surface area contributed by atoms with Crippen LogP contribution in [0.4, 0.5) is 4.39 Å². The molecule has 27 heavy (non-hydrogen) atoms. The molecule has 8 heteroatoms. The molecule has 0 bridgehead atoms. The van der Waals surface area contributed by atoms with E-state index in [2.05, 4.69) is 20.1 Å². The molecule has 5 rings (SSSR count). The maximum atomic E-state index is 13.7. The van der Waals surface area contributed by atoms with Gasteiger partial charge in [0.1, 0.15) is 5.82 Å². The van der Waals surface area contributed by atoms with Gasteiger partial charge in [0.15, 0.2) is 0 Å². The molecule has 1 aliphatic heterocycles. The third kappa shape index (κ3) is 2.74. The van der Waals surface area contributed by atoms with E-state index in [-0.39, 0.29) is 11.7 Å². The van der Waals surface area contributed by atoms with Crippen molar-refractivity contribution in [2.24, 2.45) is 0 Å². The van der Waals surface area contributed by atoms with Crippen molar-refractivity contribution in [1.29, 1.82) is 0 Å². The van der Waals surface area contributed by atoms with Crippen LogP contribution in [0.1, 0.15) is 37.3 Å². The average Bonchev–Trinajstić information content (AvgIpc) is 3.19. The highest BCUT2D eigenvalue weighted by Gasteiger charge is 2.42. The predicted octanol–water partition coefficient (Wildman–Crippen LogP) is 2.69. The zero-order valence-electron chi connectivity index (χ0n) is 15.4. The molecule has 142 valence electrons. The molecule has 2 aliphatic rings. The molecule has 0 spiro atoms. The topological polar surface area (TPSA) is 69.2 Å². The van der Waals surface area contributed by atoms with Crippen molar-refractivity contribution in [2.45, 2.75) is 44.2 Å². The Hall–Kier alpha value is -2.32. The first-order valence-corrected chi connectivity index (χ1v) is 9.44. The Kier molecular flexibility index (Phi) is 3.98. The normalized spacial score (nSPS) is 23.5. The minimum Gasteiger partial charge on any atom is -0.379 e. The summed E-state index contributed by atoms with van der Waals surface area (Å²) < 4.78 is 26.2. The molecule has 0 amide bonds. The van der Waals surface area contributed by atoms with E-state index < -0.39 is 0 Å². The fraction of sp³-hybridized carbons (Fsp3) is 0.526. The van der Waals surface area contributed by atoms with Crippen LogP contribution in [-0.2, 0) is 11.2 Å². The van der Waals surface area contributed by atoms with Crippen LogP contribution >= 0.6 is 0 Å². The number of halogens is 1. The van der Waals surface area contributed by atoms with Gasteiger partial charge in [-0.2, -0.15) is 14.8 Å². The molecule has 2 fully saturated rings. The van der Waals surface area contributed by atoms with Crippen LogP contribution in [0.3, 0.4) is 0 Å². The highest BCUT2D eigenvalue weighted by atomic mass is 19.1. The van der Waals surface area contributed by atoms with Crippen LogP contribution in [0.5, 0.6) is 0 Å². The molecular formula is C19H22FN5O2. The van der Waals surface area contributed by atoms with Crippen molar-refractivity contribution in [3.8, 4) is 5.95 Å². The third-order valence-electron chi connectivity index (χ3n) is 5.86. The summed E-state index contributed by atoms with van der Waals surface area (Å²) in [4.78, 5) is 7.00. The van der Waals surface area contributed by atoms with Gasteiger partial charge >= 0.3 is 0 Å². The van der Waals surface area contributed by atoms with Crippen LogP contribution < -0.4 is 0 Å². The van der Waals surface area contributed by atoms with Crippen molar-refractivity contribution in [3.63, 3.8) is 0 Å². The molecule has 0 atom stereocenters. The Morgan fingerprint density at radius 2 is 2.11 bits per heavy atom. The zero-order chi connectivity index (χ0) is 18.5. The molecule has 1 saturated heterocycles. The second kappa shape index (κ2) is 6.38. The van der Waals surface area contributed by atoms with Crippen molar-refractivity contribution in [3.05, 3.63) is 35.6 Å². The number of likely N-dealkylation sites (tertiary alicyclic amines) is 1. The summed E-state index contributed by atoms with van der Waals surface area (Å²) >= 11 is 0. The maximum absolute atomic E-state index is 13.7. The Morgan fingerprint density at radius 3 is 2.85 bits per heavy atom. The number of aryl methyl sites for hydroxylation is 1. The minimum atomic E-state index is -0.305. The van der Waals surface area contributed by atoms with Crippen LogP contribution in [0.2, 0.25) is 0 Å². The third-order valence-corrected chi connectivity index (χ3v) is 5.86. The van der Waals surface area contributed by atoms with Gasteiger partial charge < -0.3 is 9.26 Å². The van der Waals surface area contributed by atoms with Crippen molar-refractivity contribution in [1.82, 2.24) is 24.8 Å². The van der Waals surface area contributed by atoms with Gasteiger partial charge in [0, 0.05) is 43.6 Å². The van der Waals surface area contributed by atoms with Gasteiger partial charge in [-0.25, -0.2) is 4.39 Å².